The summed E-state index contributed by atoms with van der Waals surface area (Å²) in [5.41, 5.74) is 1.17. The molecule has 2 N–H and O–H groups in total. The maximum atomic E-state index is 9.95. The van der Waals surface area contributed by atoms with Crippen molar-refractivity contribution in [2.24, 2.45) is 5.92 Å². The topological polar surface area (TPSA) is 93.3 Å². The monoisotopic (exact) mass is 326 g/mol. The lowest BCUT2D eigenvalue weighted by Gasteiger charge is -2.28. The summed E-state index contributed by atoms with van der Waals surface area (Å²) in [6, 6.07) is -0.0699. The minimum atomic E-state index is -1.24. The summed E-state index contributed by atoms with van der Waals surface area (Å²) in [6.45, 7) is 3.29. The smallest absolute Gasteiger partial charge is 0.165 e. The first-order valence-corrected chi connectivity index (χ1v) is 7.61. The van der Waals surface area contributed by atoms with Gasteiger partial charge in [-0.2, -0.15) is 0 Å². The molecule has 120 valence electrons. The van der Waals surface area contributed by atoms with Gasteiger partial charge in [0.2, 0.25) is 0 Å². The van der Waals surface area contributed by atoms with E-state index in [1.165, 1.54) is 6.33 Å². The minimum Gasteiger partial charge on any atom is -0.396 e. The highest BCUT2D eigenvalue weighted by molar-refractivity contribution is 6.33. The zero-order valence-corrected chi connectivity index (χ0v) is 13.2. The van der Waals surface area contributed by atoms with Crippen molar-refractivity contribution in [2.45, 2.75) is 44.6 Å². The average molecular weight is 327 g/mol. The van der Waals surface area contributed by atoms with E-state index in [1.807, 2.05) is 4.57 Å². The molecule has 1 saturated carbocycles. The highest BCUT2D eigenvalue weighted by atomic mass is 35.5. The van der Waals surface area contributed by atoms with E-state index in [-0.39, 0.29) is 24.7 Å². The van der Waals surface area contributed by atoms with E-state index in [4.69, 9.17) is 16.3 Å². The molecule has 0 spiro atoms. The van der Waals surface area contributed by atoms with Gasteiger partial charge in [0, 0.05) is 6.61 Å². The number of fused-ring (bicyclic) bond motifs is 1. The number of hydrogen-bond donors (Lipinski definition) is 2. The predicted octanol–water partition coefficient (Wildman–Crippen LogP) is 1.54. The zero-order valence-electron chi connectivity index (χ0n) is 12.5. The molecule has 2 aromatic heterocycles. The van der Waals surface area contributed by atoms with Crippen molar-refractivity contribution >= 4 is 22.8 Å². The summed E-state index contributed by atoms with van der Waals surface area (Å²) >= 11 is 6.04. The van der Waals surface area contributed by atoms with Crippen LogP contribution in [-0.2, 0) is 4.74 Å². The number of ether oxygens (including phenoxy) is 1. The molecule has 0 unspecified atom stereocenters. The van der Waals surface area contributed by atoms with Crippen molar-refractivity contribution in [3.63, 3.8) is 0 Å². The van der Waals surface area contributed by atoms with Crippen LogP contribution in [0.1, 0.15) is 32.7 Å². The van der Waals surface area contributed by atoms with Crippen molar-refractivity contribution in [1.82, 2.24) is 19.5 Å². The Balaban J connectivity index is 1.97. The number of aliphatic hydroxyl groups is 2. The van der Waals surface area contributed by atoms with E-state index in [2.05, 4.69) is 15.0 Å². The van der Waals surface area contributed by atoms with Crippen molar-refractivity contribution < 1.29 is 14.9 Å². The molecule has 0 aliphatic heterocycles. The van der Waals surface area contributed by atoms with Gasteiger partial charge in [-0.3, -0.25) is 0 Å². The lowest BCUT2D eigenvalue weighted by atomic mass is 10.1. The van der Waals surface area contributed by atoms with Gasteiger partial charge in [0.1, 0.15) is 11.8 Å². The number of aromatic nitrogens is 4. The molecular formula is C14H19ClN4O3. The Morgan fingerprint density at radius 3 is 2.82 bits per heavy atom. The molecule has 0 amide bonds. The molecule has 8 heteroatoms. The molecule has 2 heterocycles. The fourth-order valence-electron chi connectivity index (χ4n) is 3.08. The normalized spacial score (nSPS) is 26.0. The van der Waals surface area contributed by atoms with Crippen LogP contribution in [-0.4, -0.2) is 48.2 Å². The third-order valence-electron chi connectivity index (χ3n) is 3.94. The van der Waals surface area contributed by atoms with Gasteiger partial charge in [-0.25, -0.2) is 15.0 Å². The SMILES string of the molecule is CC(C)(O)O[C@@H]1C[C@@H](CO)C[C@H]1n1cnc2c(Cl)ncnc21. The number of halogens is 1. The van der Waals surface area contributed by atoms with Crippen LogP contribution < -0.4 is 0 Å². The fraction of sp³-hybridized carbons (Fsp3) is 0.643. The van der Waals surface area contributed by atoms with Gasteiger partial charge in [-0.15, -0.1) is 0 Å². The van der Waals surface area contributed by atoms with Gasteiger partial charge in [-0.05, 0) is 32.6 Å². The highest BCUT2D eigenvalue weighted by Crippen LogP contribution is 2.39. The molecule has 3 atom stereocenters. The van der Waals surface area contributed by atoms with Crippen molar-refractivity contribution in [1.29, 1.82) is 0 Å². The van der Waals surface area contributed by atoms with Crippen LogP contribution >= 0.6 is 11.6 Å². The van der Waals surface area contributed by atoms with Crippen LogP contribution in [0, 0.1) is 5.92 Å². The van der Waals surface area contributed by atoms with E-state index in [0.717, 1.165) is 6.42 Å². The second kappa shape index (κ2) is 5.73. The summed E-state index contributed by atoms with van der Waals surface area (Å²) in [5, 5.41) is 19.7. The van der Waals surface area contributed by atoms with E-state index in [9.17, 15) is 10.2 Å². The zero-order chi connectivity index (χ0) is 15.9. The molecule has 2 aromatic rings. The molecule has 22 heavy (non-hydrogen) atoms. The molecular weight excluding hydrogens is 308 g/mol. The number of nitrogens with zero attached hydrogens (tertiary/aromatic N) is 4. The number of aliphatic hydroxyl groups excluding tert-OH is 1. The van der Waals surface area contributed by atoms with Crippen LogP contribution in [0.3, 0.4) is 0 Å². The molecule has 7 nitrogen and oxygen atoms in total. The van der Waals surface area contributed by atoms with Crippen molar-refractivity contribution in [3.05, 3.63) is 17.8 Å². The Labute approximate surface area is 132 Å². The van der Waals surface area contributed by atoms with Gasteiger partial charge in [0.15, 0.2) is 16.6 Å². The maximum absolute atomic E-state index is 9.95. The molecule has 1 aliphatic rings. The van der Waals surface area contributed by atoms with Crippen molar-refractivity contribution in [2.75, 3.05) is 6.61 Å². The van der Waals surface area contributed by atoms with Crippen LogP contribution in [0.2, 0.25) is 5.15 Å². The first kappa shape index (κ1) is 15.6. The maximum Gasteiger partial charge on any atom is 0.165 e. The molecule has 0 bridgehead atoms. The molecule has 1 fully saturated rings. The Hall–Kier alpha value is -1.28. The van der Waals surface area contributed by atoms with Gasteiger partial charge in [0.05, 0.1) is 18.5 Å². The Morgan fingerprint density at radius 1 is 1.36 bits per heavy atom. The summed E-state index contributed by atoms with van der Waals surface area (Å²) in [7, 11) is 0. The van der Waals surface area contributed by atoms with Crippen LogP contribution in [0.4, 0.5) is 0 Å². The highest BCUT2D eigenvalue weighted by Gasteiger charge is 2.39. The average Bonchev–Trinajstić information content (AvgIpc) is 3.01. The van der Waals surface area contributed by atoms with E-state index < -0.39 is 5.79 Å². The van der Waals surface area contributed by atoms with Crippen molar-refractivity contribution in [3.8, 4) is 0 Å². The van der Waals surface area contributed by atoms with Gasteiger partial charge in [-0.1, -0.05) is 11.6 Å². The fourth-order valence-corrected chi connectivity index (χ4v) is 3.26. The minimum absolute atomic E-state index is 0.0699. The summed E-state index contributed by atoms with van der Waals surface area (Å²) < 4.78 is 7.66. The van der Waals surface area contributed by atoms with E-state index >= 15 is 0 Å². The lowest BCUT2D eigenvalue weighted by Crippen LogP contribution is -2.33. The molecule has 0 radical (unpaired) electrons. The van der Waals surface area contributed by atoms with Crippen LogP contribution in [0.15, 0.2) is 12.7 Å². The molecule has 3 rings (SSSR count). The first-order chi connectivity index (χ1) is 10.4. The largest absolute Gasteiger partial charge is 0.396 e. The number of imidazole rings is 1. The second-order valence-corrected chi connectivity index (χ2v) is 6.54. The third kappa shape index (κ3) is 2.94. The van der Waals surface area contributed by atoms with Gasteiger partial charge in [0.25, 0.3) is 0 Å². The third-order valence-corrected chi connectivity index (χ3v) is 4.22. The first-order valence-electron chi connectivity index (χ1n) is 7.23. The standard InChI is InChI=1S/C14H19ClN4O3/c1-14(2,21)22-10-4-8(5-20)3-9(10)19-7-18-11-12(15)16-6-17-13(11)19/h6-10,20-21H,3-5H2,1-2H3/t8-,9+,10+/m0/s1. The van der Waals surface area contributed by atoms with Crippen LogP contribution in [0.5, 0.6) is 0 Å². The predicted molar refractivity (Wildman–Crippen MR) is 80.4 cm³/mol. The van der Waals surface area contributed by atoms with Gasteiger partial charge < -0.3 is 19.5 Å². The Bertz CT molecular complexity index is 670. The Morgan fingerprint density at radius 2 is 2.14 bits per heavy atom. The summed E-state index contributed by atoms with van der Waals surface area (Å²) in [6.07, 6.45) is 4.22. The summed E-state index contributed by atoms with van der Waals surface area (Å²) in [4.78, 5) is 12.4. The second-order valence-electron chi connectivity index (χ2n) is 6.18. The Kier molecular flexibility index (Phi) is 4.07. The molecule has 1 aliphatic carbocycles. The number of hydrogen-bond acceptors (Lipinski definition) is 6. The number of rotatable bonds is 4. The van der Waals surface area contributed by atoms with E-state index in [0.29, 0.717) is 22.7 Å². The summed E-state index contributed by atoms with van der Waals surface area (Å²) in [5.74, 6) is -1.12. The van der Waals surface area contributed by atoms with Gasteiger partial charge >= 0.3 is 0 Å². The molecule has 0 saturated heterocycles. The van der Waals surface area contributed by atoms with Crippen LogP contribution in [0.25, 0.3) is 11.2 Å². The molecule has 0 aromatic carbocycles. The van der Waals surface area contributed by atoms with E-state index in [1.54, 1.807) is 20.2 Å². The lowest BCUT2D eigenvalue weighted by molar-refractivity contribution is -0.211. The quantitative estimate of drug-likeness (QED) is 0.654.